The summed E-state index contributed by atoms with van der Waals surface area (Å²) in [6.45, 7) is 3.58. The Morgan fingerprint density at radius 1 is 0.960 bits per heavy atom. The van der Waals surface area contributed by atoms with Crippen LogP contribution in [0.4, 0.5) is 14.5 Å². The molecule has 3 rings (SSSR count). The van der Waals surface area contributed by atoms with Crippen LogP contribution < -0.4 is 10.6 Å². The maximum Gasteiger partial charge on any atom is 0.191 e. The number of rotatable bonds is 4. The highest BCUT2D eigenvalue weighted by Gasteiger charge is 2.18. The molecule has 25 heavy (non-hydrogen) atoms. The van der Waals surface area contributed by atoms with E-state index in [1.807, 2.05) is 11.0 Å². The van der Waals surface area contributed by atoms with Gasteiger partial charge in [0.15, 0.2) is 5.96 Å². The normalized spacial score (nSPS) is 15.5. The largest absolute Gasteiger partial charge is 0.370 e. The molecule has 1 fully saturated rings. The third-order valence-corrected chi connectivity index (χ3v) is 4.41. The molecule has 1 saturated heterocycles. The maximum absolute atomic E-state index is 13.6. The fourth-order valence-electron chi connectivity index (χ4n) is 2.94. The molecule has 2 aromatic carbocycles. The van der Waals surface area contributed by atoms with Gasteiger partial charge in [0, 0.05) is 38.4 Å². The molecular formula is C19H22F2N4. The Bertz CT molecular complexity index is 722. The van der Waals surface area contributed by atoms with E-state index in [0.29, 0.717) is 24.5 Å². The first-order chi connectivity index (χ1) is 12.1. The van der Waals surface area contributed by atoms with Crippen LogP contribution in [-0.2, 0) is 6.42 Å². The van der Waals surface area contributed by atoms with Crippen LogP contribution in [0.15, 0.2) is 53.5 Å². The molecule has 0 spiro atoms. The van der Waals surface area contributed by atoms with Crippen molar-refractivity contribution in [2.24, 2.45) is 10.7 Å². The molecule has 4 nitrogen and oxygen atoms in total. The number of nitrogens with zero attached hydrogens (tertiary/aromatic N) is 3. The first kappa shape index (κ1) is 17.2. The zero-order valence-electron chi connectivity index (χ0n) is 14.0. The Labute approximate surface area is 146 Å². The van der Waals surface area contributed by atoms with Gasteiger partial charge in [-0.3, -0.25) is 4.99 Å². The summed E-state index contributed by atoms with van der Waals surface area (Å²) in [5.74, 6) is 0.0629. The van der Waals surface area contributed by atoms with Gasteiger partial charge in [0.1, 0.15) is 11.6 Å². The minimum Gasteiger partial charge on any atom is -0.370 e. The molecule has 1 aliphatic rings. The third-order valence-electron chi connectivity index (χ3n) is 4.41. The lowest BCUT2D eigenvalue weighted by Crippen LogP contribution is -2.51. The molecule has 1 aliphatic heterocycles. The zero-order chi connectivity index (χ0) is 17.6. The Kier molecular flexibility index (Phi) is 5.48. The summed E-state index contributed by atoms with van der Waals surface area (Å²) < 4.78 is 26.6. The molecular weight excluding hydrogens is 322 g/mol. The van der Waals surface area contributed by atoms with Gasteiger partial charge in [-0.05, 0) is 42.3 Å². The number of hydrogen-bond acceptors (Lipinski definition) is 2. The molecule has 2 N–H and O–H groups in total. The van der Waals surface area contributed by atoms with Crippen molar-refractivity contribution in [3.63, 3.8) is 0 Å². The molecule has 0 amide bonds. The van der Waals surface area contributed by atoms with Crippen LogP contribution in [0.2, 0.25) is 0 Å². The van der Waals surface area contributed by atoms with E-state index >= 15 is 0 Å². The number of hydrogen-bond donors (Lipinski definition) is 1. The summed E-state index contributed by atoms with van der Waals surface area (Å²) in [6.07, 6.45) is 0.531. The van der Waals surface area contributed by atoms with Gasteiger partial charge in [-0.1, -0.05) is 18.2 Å². The van der Waals surface area contributed by atoms with Crippen molar-refractivity contribution in [3.05, 3.63) is 65.7 Å². The van der Waals surface area contributed by atoms with Crippen molar-refractivity contribution in [1.29, 1.82) is 0 Å². The lowest BCUT2D eigenvalue weighted by atomic mass is 10.1. The van der Waals surface area contributed by atoms with Gasteiger partial charge in [0.05, 0.1) is 0 Å². The Morgan fingerprint density at radius 3 is 2.32 bits per heavy atom. The van der Waals surface area contributed by atoms with Gasteiger partial charge in [0.25, 0.3) is 0 Å². The molecule has 0 bridgehead atoms. The lowest BCUT2D eigenvalue weighted by Gasteiger charge is -2.36. The second-order valence-electron chi connectivity index (χ2n) is 6.03. The average molecular weight is 344 g/mol. The molecule has 1 heterocycles. The number of nitrogens with two attached hydrogens (primary N) is 1. The Morgan fingerprint density at radius 2 is 1.64 bits per heavy atom. The van der Waals surface area contributed by atoms with Crippen molar-refractivity contribution in [1.82, 2.24) is 4.90 Å². The number of anilines is 1. The number of aliphatic imine (C=N–C) groups is 1. The highest BCUT2D eigenvalue weighted by molar-refractivity contribution is 5.78. The van der Waals surface area contributed by atoms with E-state index in [0.717, 1.165) is 31.9 Å². The van der Waals surface area contributed by atoms with E-state index in [1.54, 1.807) is 24.3 Å². The van der Waals surface area contributed by atoms with Gasteiger partial charge in [-0.15, -0.1) is 0 Å². The summed E-state index contributed by atoms with van der Waals surface area (Å²) in [5.41, 5.74) is 7.73. The quantitative estimate of drug-likeness (QED) is 0.685. The van der Waals surface area contributed by atoms with E-state index < -0.39 is 0 Å². The van der Waals surface area contributed by atoms with Gasteiger partial charge >= 0.3 is 0 Å². The fourth-order valence-corrected chi connectivity index (χ4v) is 2.94. The highest BCUT2D eigenvalue weighted by atomic mass is 19.1. The first-order valence-corrected chi connectivity index (χ1v) is 8.42. The molecule has 0 aliphatic carbocycles. The molecule has 0 aromatic heterocycles. The van der Waals surface area contributed by atoms with E-state index in [1.165, 1.54) is 18.2 Å². The minimum atomic E-state index is -0.228. The zero-order valence-corrected chi connectivity index (χ0v) is 14.0. The molecule has 6 heteroatoms. The fraction of sp³-hybridized carbons (Fsp3) is 0.316. The predicted octanol–water partition coefficient (Wildman–Crippen LogP) is 2.64. The topological polar surface area (TPSA) is 44.9 Å². The molecule has 132 valence electrons. The minimum absolute atomic E-state index is 0.204. The van der Waals surface area contributed by atoms with Gasteiger partial charge in [0.2, 0.25) is 0 Å². The van der Waals surface area contributed by atoms with Crippen LogP contribution in [0.3, 0.4) is 0 Å². The number of benzene rings is 2. The lowest BCUT2D eigenvalue weighted by molar-refractivity contribution is 0.381. The number of guanidine groups is 1. The number of piperazine rings is 1. The van der Waals surface area contributed by atoms with Crippen molar-refractivity contribution in [3.8, 4) is 0 Å². The van der Waals surface area contributed by atoms with Crippen molar-refractivity contribution in [2.75, 3.05) is 37.6 Å². The monoisotopic (exact) mass is 344 g/mol. The maximum atomic E-state index is 13.6. The van der Waals surface area contributed by atoms with E-state index in [-0.39, 0.29) is 11.6 Å². The van der Waals surface area contributed by atoms with Crippen molar-refractivity contribution < 1.29 is 8.78 Å². The summed E-state index contributed by atoms with van der Waals surface area (Å²) in [6, 6.07) is 13.2. The SMILES string of the molecule is NC(=NCCc1ccccc1F)N1CCN(c2ccc(F)cc2)CC1. The molecule has 0 unspecified atom stereocenters. The predicted molar refractivity (Wildman–Crippen MR) is 96.8 cm³/mol. The van der Waals surface area contributed by atoms with Crippen LogP contribution >= 0.6 is 0 Å². The van der Waals surface area contributed by atoms with Gasteiger partial charge in [-0.25, -0.2) is 8.78 Å². The molecule has 2 aromatic rings. The molecule has 0 saturated carbocycles. The smallest absolute Gasteiger partial charge is 0.191 e. The van der Waals surface area contributed by atoms with Gasteiger partial charge in [-0.2, -0.15) is 0 Å². The second kappa shape index (κ2) is 7.96. The summed E-state index contributed by atoms with van der Waals surface area (Å²) in [5, 5.41) is 0. The highest BCUT2D eigenvalue weighted by Crippen LogP contribution is 2.16. The second-order valence-corrected chi connectivity index (χ2v) is 6.03. The summed E-state index contributed by atoms with van der Waals surface area (Å²) in [4.78, 5) is 8.61. The average Bonchev–Trinajstić information content (AvgIpc) is 2.64. The Balaban J connectivity index is 1.50. The van der Waals surface area contributed by atoms with E-state index in [9.17, 15) is 8.78 Å². The van der Waals surface area contributed by atoms with Crippen molar-refractivity contribution >= 4 is 11.6 Å². The Hall–Kier alpha value is -2.63. The van der Waals surface area contributed by atoms with Crippen LogP contribution in [0.1, 0.15) is 5.56 Å². The third kappa shape index (κ3) is 4.47. The van der Waals surface area contributed by atoms with E-state index in [2.05, 4.69) is 9.89 Å². The first-order valence-electron chi connectivity index (χ1n) is 8.42. The van der Waals surface area contributed by atoms with Crippen molar-refractivity contribution in [2.45, 2.75) is 6.42 Å². The van der Waals surface area contributed by atoms with Crippen LogP contribution in [0, 0.1) is 11.6 Å². The van der Waals surface area contributed by atoms with Crippen LogP contribution in [0.25, 0.3) is 0 Å². The summed E-state index contributed by atoms with van der Waals surface area (Å²) >= 11 is 0. The van der Waals surface area contributed by atoms with Crippen LogP contribution in [-0.4, -0.2) is 43.6 Å². The van der Waals surface area contributed by atoms with Gasteiger partial charge < -0.3 is 15.5 Å². The number of halogens is 2. The standard InChI is InChI=1S/C19H22F2N4/c20-16-5-7-17(8-6-16)24-11-13-25(14-12-24)19(22)23-10-9-15-3-1-2-4-18(15)21/h1-8H,9-14H2,(H2,22,23). The summed E-state index contributed by atoms with van der Waals surface area (Å²) in [7, 11) is 0. The molecule has 0 atom stereocenters. The van der Waals surface area contributed by atoms with E-state index in [4.69, 9.17) is 5.73 Å². The molecule has 0 radical (unpaired) electrons. The van der Waals surface area contributed by atoms with Crippen LogP contribution in [0.5, 0.6) is 0 Å².